The Bertz CT molecular complexity index is 147. The number of hydrogen-bond donors (Lipinski definition) is 2. The first-order chi connectivity index (χ1) is 5.01. The van der Waals surface area contributed by atoms with Crippen molar-refractivity contribution in [3.8, 4) is 0 Å². The summed E-state index contributed by atoms with van der Waals surface area (Å²) >= 11 is 0. The molecule has 0 aliphatic heterocycles. The molecular weight excluding hydrogens is 164 g/mol. The van der Waals surface area contributed by atoms with E-state index in [0.717, 1.165) is 0 Å². The van der Waals surface area contributed by atoms with Crippen molar-refractivity contribution in [2.75, 3.05) is 13.2 Å². The summed E-state index contributed by atoms with van der Waals surface area (Å²) in [5.41, 5.74) is -2.92. The maximum absolute atomic E-state index is 11.8. The molecule has 11 heavy (non-hydrogen) atoms. The highest BCUT2D eigenvalue weighted by Gasteiger charge is 2.51. The van der Waals surface area contributed by atoms with Crippen LogP contribution in [0, 0.1) is 10.1 Å². The zero-order chi connectivity index (χ0) is 9.07. The molecule has 0 aromatic carbocycles. The normalized spacial score (nSPS) is 12.1. The summed E-state index contributed by atoms with van der Waals surface area (Å²) in [6, 6.07) is 0. The van der Waals surface area contributed by atoms with Crippen LogP contribution in [0.1, 0.15) is 0 Å². The molecule has 66 valence electrons. The second kappa shape index (κ2) is 3.54. The molecule has 5 nitrogen and oxygen atoms in total. The number of aliphatic hydroxyl groups is 2. The van der Waals surface area contributed by atoms with Gasteiger partial charge in [0.15, 0.2) is 0 Å². The van der Waals surface area contributed by atoms with E-state index in [2.05, 4.69) is 0 Å². The topological polar surface area (TPSA) is 83.6 Å². The molecule has 0 atom stereocenters. The molecular formula is C4H7F2NO4. The van der Waals surface area contributed by atoms with Gasteiger partial charge in [0.05, 0.1) is 0 Å². The number of hydrogen-bond acceptors (Lipinski definition) is 4. The minimum atomic E-state index is -3.38. The van der Waals surface area contributed by atoms with Gasteiger partial charge in [-0.15, -0.1) is 0 Å². The fourth-order valence-corrected chi connectivity index (χ4v) is 0.383. The zero-order valence-corrected chi connectivity index (χ0v) is 5.41. The van der Waals surface area contributed by atoms with E-state index >= 15 is 0 Å². The van der Waals surface area contributed by atoms with Crippen molar-refractivity contribution in [3.05, 3.63) is 10.1 Å². The summed E-state index contributed by atoms with van der Waals surface area (Å²) in [6.45, 7) is -2.76. The van der Waals surface area contributed by atoms with Crippen molar-refractivity contribution in [1.82, 2.24) is 0 Å². The van der Waals surface area contributed by atoms with Crippen LogP contribution in [0.2, 0.25) is 0 Å². The molecule has 0 bridgehead atoms. The number of halogens is 2. The maximum Gasteiger partial charge on any atom is 0.326 e. The van der Waals surface area contributed by atoms with Gasteiger partial charge in [0.25, 0.3) is 0 Å². The minimum absolute atomic E-state index is 1.38. The lowest BCUT2D eigenvalue weighted by atomic mass is 10.1. The third kappa shape index (κ3) is 1.60. The van der Waals surface area contributed by atoms with Crippen molar-refractivity contribution >= 4 is 0 Å². The van der Waals surface area contributed by atoms with Crippen LogP contribution in [0.25, 0.3) is 0 Å². The van der Waals surface area contributed by atoms with Crippen LogP contribution >= 0.6 is 0 Å². The van der Waals surface area contributed by atoms with Gasteiger partial charge >= 0.3 is 12.0 Å². The summed E-state index contributed by atoms with van der Waals surface area (Å²) < 4.78 is 23.7. The van der Waals surface area contributed by atoms with Crippen LogP contribution in [0.15, 0.2) is 0 Å². The molecule has 2 N–H and O–H groups in total. The third-order valence-corrected chi connectivity index (χ3v) is 1.32. The lowest BCUT2D eigenvalue weighted by Crippen LogP contribution is -2.52. The SMILES string of the molecule is O=[N+]([O-])C(CO)(CO)C(F)F. The van der Waals surface area contributed by atoms with Gasteiger partial charge < -0.3 is 10.2 Å². The Morgan fingerprint density at radius 3 is 1.82 bits per heavy atom. The Morgan fingerprint density at radius 1 is 1.45 bits per heavy atom. The van der Waals surface area contributed by atoms with Gasteiger partial charge in [-0.05, 0) is 0 Å². The molecule has 7 heteroatoms. The van der Waals surface area contributed by atoms with Crippen molar-refractivity contribution in [3.63, 3.8) is 0 Å². The molecule has 0 saturated carbocycles. The summed E-state index contributed by atoms with van der Waals surface area (Å²) in [5, 5.41) is 26.4. The first-order valence-corrected chi connectivity index (χ1v) is 2.65. The van der Waals surface area contributed by atoms with Crippen molar-refractivity contribution < 1.29 is 23.9 Å². The van der Waals surface area contributed by atoms with E-state index in [1.807, 2.05) is 0 Å². The molecule has 0 fully saturated rings. The number of rotatable bonds is 4. The Hall–Kier alpha value is -0.820. The second-order valence-electron chi connectivity index (χ2n) is 1.98. The van der Waals surface area contributed by atoms with Crippen molar-refractivity contribution in [2.24, 2.45) is 0 Å². The van der Waals surface area contributed by atoms with E-state index in [9.17, 15) is 18.9 Å². The second-order valence-corrected chi connectivity index (χ2v) is 1.98. The molecule has 0 amide bonds. The predicted octanol–water partition coefficient (Wildman–Crippen LogP) is -0.748. The molecule has 0 aromatic heterocycles. The highest BCUT2D eigenvalue weighted by atomic mass is 19.3. The van der Waals surface area contributed by atoms with Gasteiger partial charge in [-0.25, -0.2) is 8.78 Å². The minimum Gasteiger partial charge on any atom is -0.389 e. The fraction of sp³-hybridized carbons (Fsp3) is 1.00. The summed E-state index contributed by atoms with van der Waals surface area (Å²) in [7, 11) is 0. The van der Waals surface area contributed by atoms with E-state index in [-0.39, 0.29) is 0 Å². The van der Waals surface area contributed by atoms with E-state index in [4.69, 9.17) is 10.2 Å². The lowest BCUT2D eigenvalue weighted by molar-refractivity contribution is -0.593. The first kappa shape index (κ1) is 10.2. The number of nitro groups is 1. The molecule has 0 saturated heterocycles. The summed E-state index contributed by atoms with van der Waals surface area (Å²) in [4.78, 5) is 8.55. The van der Waals surface area contributed by atoms with Crippen LogP contribution in [-0.4, -0.2) is 40.3 Å². The summed E-state index contributed by atoms with van der Waals surface area (Å²) in [6.07, 6.45) is -3.38. The predicted molar refractivity (Wildman–Crippen MR) is 29.9 cm³/mol. The molecule has 0 heterocycles. The molecule has 0 radical (unpaired) electrons. The zero-order valence-electron chi connectivity index (χ0n) is 5.41. The van der Waals surface area contributed by atoms with Gasteiger partial charge in [0.2, 0.25) is 0 Å². The Labute approximate surface area is 60.4 Å². The monoisotopic (exact) mass is 171 g/mol. The van der Waals surface area contributed by atoms with Gasteiger partial charge in [0, 0.05) is 4.92 Å². The standard InChI is InChI=1S/C4H7F2NO4/c5-3(6)4(1-8,2-9)7(10)11/h3,8-9H,1-2H2. The molecule has 0 unspecified atom stereocenters. The quantitative estimate of drug-likeness (QED) is 0.430. The lowest BCUT2D eigenvalue weighted by Gasteiger charge is -2.18. The van der Waals surface area contributed by atoms with Crippen molar-refractivity contribution in [1.29, 1.82) is 0 Å². The Morgan fingerprint density at radius 2 is 1.82 bits per heavy atom. The Kier molecular flexibility index (Phi) is 3.27. The van der Waals surface area contributed by atoms with Crippen LogP contribution < -0.4 is 0 Å². The van der Waals surface area contributed by atoms with Crippen molar-refractivity contribution in [2.45, 2.75) is 12.0 Å². The smallest absolute Gasteiger partial charge is 0.326 e. The van der Waals surface area contributed by atoms with E-state index in [1.54, 1.807) is 0 Å². The van der Waals surface area contributed by atoms with E-state index < -0.39 is 30.1 Å². The molecule has 0 aromatic rings. The summed E-state index contributed by atoms with van der Waals surface area (Å²) in [5.74, 6) is 0. The molecule has 0 aliphatic carbocycles. The fourth-order valence-electron chi connectivity index (χ4n) is 0.383. The van der Waals surface area contributed by atoms with E-state index in [1.165, 1.54) is 0 Å². The van der Waals surface area contributed by atoms with Crippen LogP contribution in [0.3, 0.4) is 0 Å². The molecule has 0 rings (SSSR count). The van der Waals surface area contributed by atoms with Crippen LogP contribution in [0.4, 0.5) is 8.78 Å². The highest BCUT2D eigenvalue weighted by molar-refractivity contribution is 4.80. The number of nitrogens with zero attached hydrogens (tertiary/aromatic N) is 1. The maximum atomic E-state index is 11.8. The number of alkyl halides is 2. The first-order valence-electron chi connectivity index (χ1n) is 2.65. The number of aliphatic hydroxyl groups excluding tert-OH is 2. The Balaban J connectivity index is 4.61. The van der Waals surface area contributed by atoms with Crippen LogP contribution in [0.5, 0.6) is 0 Å². The largest absolute Gasteiger partial charge is 0.389 e. The molecule has 0 aliphatic rings. The molecule has 0 spiro atoms. The van der Waals surface area contributed by atoms with Crippen LogP contribution in [-0.2, 0) is 0 Å². The third-order valence-electron chi connectivity index (χ3n) is 1.32. The average molecular weight is 171 g/mol. The average Bonchev–Trinajstić information content (AvgIpc) is 1.90. The van der Waals surface area contributed by atoms with E-state index in [0.29, 0.717) is 0 Å². The van der Waals surface area contributed by atoms with Gasteiger partial charge in [-0.2, -0.15) is 0 Å². The van der Waals surface area contributed by atoms with Gasteiger partial charge in [-0.1, -0.05) is 0 Å². The van der Waals surface area contributed by atoms with Gasteiger partial charge in [-0.3, -0.25) is 10.1 Å². The highest BCUT2D eigenvalue weighted by Crippen LogP contribution is 2.18. The van der Waals surface area contributed by atoms with Gasteiger partial charge in [0.1, 0.15) is 13.2 Å².